The summed E-state index contributed by atoms with van der Waals surface area (Å²) in [5.74, 6) is 0. The van der Waals surface area contributed by atoms with Crippen LogP contribution in [0.25, 0.3) is 6.08 Å². The lowest BCUT2D eigenvalue weighted by molar-refractivity contribution is 0.483. The van der Waals surface area contributed by atoms with E-state index in [1.165, 1.54) is 5.56 Å². The zero-order chi connectivity index (χ0) is 9.73. The molecule has 1 rings (SSSR count). The third kappa shape index (κ3) is 4.53. The summed E-state index contributed by atoms with van der Waals surface area (Å²) in [5.41, 5.74) is 1.18. The van der Waals surface area contributed by atoms with E-state index in [0.29, 0.717) is 0 Å². The molecule has 0 unspecified atom stereocenters. The molecular formula is C11H16OSi. The van der Waals surface area contributed by atoms with Gasteiger partial charge in [0.1, 0.15) is 0 Å². The largest absolute Gasteiger partial charge is 0.550 e. The molecule has 0 saturated heterocycles. The lowest BCUT2D eigenvalue weighted by atomic mass is 10.2. The second-order valence-electron chi connectivity index (χ2n) is 3.94. The van der Waals surface area contributed by atoms with E-state index in [0.717, 1.165) is 0 Å². The number of rotatable bonds is 3. The summed E-state index contributed by atoms with van der Waals surface area (Å²) >= 11 is 0. The molecule has 1 aromatic rings. The van der Waals surface area contributed by atoms with Crippen molar-refractivity contribution in [2.24, 2.45) is 0 Å². The first kappa shape index (κ1) is 10.1. The first-order valence-corrected chi connectivity index (χ1v) is 7.88. The smallest absolute Gasteiger partial charge is 0.241 e. The monoisotopic (exact) mass is 192 g/mol. The molecule has 0 spiro atoms. The molecule has 70 valence electrons. The van der Waals surface area contributed by atoms with Crippen LogP contribution in [-0.4, -0.2) is 8.32 Å². The minimum atomic E-state index is -1.40. The SMILES string of the molecule is C[Si](C)(C)OC=Cc1ccccc1. The Balaban J connectivity index is 2.51. The van der Waals surface area contributed by atoms with E-state index in [1.54, 1.807) is 0 Å². The van der Waals surface area contributed by atoms with Crippen molar-refractivity contribution in [3.63, 3.8) is 0 Å². The average molecular weight is 192 g/mol. The number of hydrogen-bond acceptors (Lipinski definition) is 1. The van der Waals surface area contributed by atoms with E-state index in [-0.39, 0.29) is 0 Å². The average Bonchev–Trinajstić information content (AvgIpc) is 2.04. The van der Waals surface area contributed by atoms with Gasteiger partial charge in [0.2, 0.25) is 8.32 Å². The fourth-order valence-corrected chi connectivity index (χ4v) is 1.36. The first-order chi connectivity index (χ1) is 6.08. The van der Waals surface area contributed by atoms with Crippen LogP contribution in [0.4, 0.5) is 0 Å². The number of benzene rings is 1. The Morgan fingerprint density at radius 1 is 1.08 bits per heavy atom. The molecule has 0 aliphatic carbocycles. The van der Waals surface area contributed by atoms with Crippen LogP contribution in [0.1, 0.15) is 5.56 Å². The second-order valence-corrected chi connectivity index (χ2v) is 8.40. The lowest BCUT2D eigenvalue weighted by Gasteiger charge is -2.14. The maximum Gasteiger partial charge on any atom is 0.241 e. The second kappa shape index (κ2) is 4.28. The van der Waals surface area contributed by atoms with Crippen molar-refractivity contribution in [3.8, 4) is 0 Å². The normalized spacial score (nSPS) is 11.9. The predicted octanol–water partition coefficient (Wildman–Crippen LogP) is 3.51. The lowest BCUT2D eigenvalue weighted by Crippen LogP contribution is -2.21. The molecule has 0 amide bonds. The Bertz CT molecular complexity index is 272. The summed E-state index contributed by atoms with van der Waals surface area (Å²) in [7, 11) is -1.40. The first-order valence-electron chi connectivity index (χ1n) is 4.47. The topological polar surface area (TPSA) is 9.23 Å². The Morgan fingerprint density at radius 3 is 2.23 bits per heavy atom. The van der Waals surface area contributed by atoms with Gasteiger partial charge in [-0.2, -0.15) is 0 Å². The molecule has 0 aliphatic heterocycles. The molecule has 0 fully saturated rings. The van der Waals surface area contributed by atoms with Crippen LogP contribution in [-0.2, 0) is 4.43 Å². The summed E-state index contributed by atoms with van der Waals surface area (Å²) in [6.45, 7) is 6.51. The van der Waals surface area contributed by atoms with Crippen molar-refractivity contribution in [1.82, 2.24) is 0 Å². The van der Waals surface area contributed by atoms with Gasteiger partial charge in [-0.15, -0.1) is 0 Å². The molecule has 1 nitrogen and oxygen atoms in total. The zero-order valence-electron chi connectivity index (χ0n) is 8.45. The Kier molecular flexibility index (Phi) is 3.31. The molecule has 0 heterocycles. The molecule has 2 heteroatoms. The van der Waals surface area contributed by atoms with Crippen LogP contribution < -0.4 is 0 Å². The van der Waals surface area contributed by atoms with Gasteiger partial charge in [0.05, 0.1) is 6.26 Å². The van der Waals surface area contributed by atoms with Crippen LogP contribution in [0.3, 0.4) is 0 Å². The van der Waals surface area contributed by atoms with E-state index in [9.17, 15) is 0 Å². The molecule has 1 aromatic carbocycles. The highest BCUT2D eigenvalue weighted by molar-refractivity contribution is 6.69. The van der Waals surface area contributed by atoms with Crippen molar-refractivity contribution >= 4 is 14.4 Å². The fraction of sp³-hybridized carbons (Fsp3) is 0.273. The molecule has 0 aliphatic rings. The predicted molar refractivity (Wildman–Crippen MR) is 59.9 cm³/mol. The summed E-state index contributed by atoms with van der Waals surface area (Å²) in [5, 5.41) is 0. The summed E-state index contributed by atoms with van der Waals surface area (Å²) < 4.78 is 5.59. The molecule has 0 aromatic heterocycles. The standard InChI is InChI=1S/C11H16OSi/c1-13(2,3)12-10-9-11-7-5-4-6-8-11/h4-10H,1-3H3. The van der Waals surface area contributed by atoms with Crippen molar-refractivity contribution in [2.75, 3.05) is 0 Å². The van der Waals surface area contributed by atoms with Crippen molar-refractivity contribution in [3.05, 3.63) is 42.2 Å². The van der Waals surface area contributed by atoms with Gasteiger partial charge in [-0.05, 0) is 31.3 Å². The van der Waals surface area contributed by atoms with Gasteiger partial charge >= 0.3 is 0 Å². The van der Waals surface area contributed by atoms with Crippen LogP contribution >= 0.6 is 0 Å². The molecular weight excluding hydrogens is 176 g/mol. The van der Waals surface area contributed by atoms with Crippen LogP contribution in [0.15, 0.2) is 36.6 Å². The molecule has 0 N–H and O–H groups in total. The molecule has 0 bridgehead atoms. The van der Waals surface area contributed by atoms with Gasteiger partial charge in [-0.25, -0.2) is 0 Å². The summed E-state index contributed by atoms with van der Waals surface area (Å²) in [4.78, 5) is 0. The molecule has 0 atom stereocenters. The van der Waals surface area contributed by atoms with E-state index in [4.69, 9.17) is 4.43 Å². The molecule has 0 saturated carbocycles. The molecule has 0 radical (unpaired) electrons. The summed E-state index contributed by atoms with van der Waals surface area (Å²) in [6, 6.07) is 10.2. The van der Waals surface area contributed by atoms with Crippen LogP contribution in [0.2, 0.25) is 19.6 Å². The van der Waals surface area contributed by atoms with Gasteiger partial charge in [-0.3, -0.25) is 0 Å². The summed E-state index contributed by atoms with van der Waals surface area (Å²) in [6.07, 6.45) is 3.81. The third-order valence-electron chi connectivity index (χ3n) is 1.48. The highest BCUT2D eigenvalue weighted by atomic mass is 28.4. The highest BCUT2D eigenvalue weighted by Crippen LogP contribution is 2.06. The van der Waals surface area contributed by atoms with Gasteiger partial charge in [-0.1, -0.05) is 30.3 Å². The van der Waals surface area contributed by atoms with Gasteiger partial charge in [0.15, 0.2) is 0 Å². The fourth-order valence-electron chi connectivity index (χ4n) is 0.881. The van der Waals surface area contributed by atoms with Gasteiger partial charge in [0, 0.05) is 0 Å². The third-order valence-corrected chi connectivity index (χ3v) is 2.32. The van der Waals surface area contributed by atoms with Crippen molar-refractivity contribution in [1.29, 1.82) is 0 Å². The Labute approximate surface area is 81.2 Å². The van der Waals surface area contributed by atoms with Gasteiger partial charge in [0.25, 0.3) is 0 Å². The Hall–Kier alpha value is -1.02. The maximum absolute atomic E-state index is 5.59. The van der Waals surface area contributed by atoms with Crippen LogP contribution in [0.5, 0.6) is 0 Å². The van der Waals surface area contributed by atoms with E-state index >= 15 is 0 Å². The van der Waals surface area contributed by atoms with Crippen molar-refractivity contribution in [2.45, 2.75) is 19.6 Å². The zero-order valence-corrected chi connectivity index (χ0v) is 9.45. The molecule has 13 heavy (non-hydrogen) atoms. The van der Waals surface area contributed by atoms with Gasteiger partial charge < -0.3 is 4.43 Å². The maximum atomic E-state index is 5.59. The highest BCUT2D eigenvalue weighted by Gasteiger charge is 2.12. The van der Waals surface area contributed by atoms with E-state index in [1.807, 2.05) is 30.5 Å². The number of hydrogen-bond donors (Lipinski definition) is 0. The quantitative estimate of drug-likeness (QED) is 0.526. The van der Waals surface area contributed by atoms with E-state index in [2.05, 4.69) is 31.8 Å². The van der Waals surface area contributed by atoms with Crippen LogP contribution in [0, 0.1) is 0 Å². The van der Waals surface area contributed by atoms with Crippen molar-refractivity contribution < 1.29 is 4.43 Å². The minimum absolute atomic E-state index is 1.18. The van der Waals surface area contributed by atoms with E-state index < -0.39 is 8.32 Å². The minimum Gasteiger partial charge on any atom is -0.550 e. The Morgan fingerprint density at radius 2 is 1.69 bits per heavy atom.